The first-order valence-electron chi connectivity index (χ1n) is 3.40. The number of hydrogen-bond acceptors (Lipinski definition) is 2. The Labute approximate surface area is 62.6 Å². The van der Waals surface area contributed by atoms with Gasteiger partial charge in [0.05, 0.1) is 13.5 Å². The molecule has 0 aromatic carbocycles. The Hall–Kier alpha value is -0.530. The lowest BCUT2D eigenvalue weighted by Gasteiger charge is -2.16. The van der Waals surface area contributed by atoms with Crippen molar-refractivity contribution >= 4 is 5.97 Å². The Morgan fingerprint density at radius 1 is 1.50 bits per heavy atom. The minimum Gasteiger partial charge on any atom is -0.466 e. The molecule has 0 bridgehead atoms. The van der Waals surface area contributed by atoms with Gasteiger partial charge in [0.15, 0.2) is 0 Å². The molecule has 1 radical (unpaired) electrons. The van der Waals surface area contributed by atoms with Crippen molar-refractivity contribution in [2.24, 2.45) is 5.41 Å². The molecule has 10 heavy (non-hydrogen) atoms. The molecule has 0 rings (SSSR count). The van der Waals surface area contributed by atoms with Crippen LogP contribution in [0.15, 0.2) is 0 Å². The van der Waals surface area contributed by atoms with Crippen molar-refractivity contribution in [2.75, 3.05) is 6.61 Å². The molecule has 0 N–H and O–H groups in total. The van der Waals surface area contributed by atoms with Gasteiger partial charge in [-0.05, 0) is 11.8 Å². The molecule has 0 fully saturated rings. The van der Waals surface area contributed by atoms with E-state index in [1.165, 1.54) is 0 Å². The normalized spacial score (nSPS) is 11.2. The van der Waals surface area contributed by atoms with Gasteiger partial charge in [0, 0.05) is 0 Å². The van der Waals surface area contributed by atoms with E-state index >= 15 is 0 Å². The summed E-state index contributed by atoms with van der Waals surface area (Å²) >= 11 is 0. The summed E-state index contributed by atoms with van der Waals surface area (Å²) in [7, 11) is 0. The third-order valence-electron chi connectivity index (χ3n) is 1.12. The number of rotatable bonds is 2. The van der Waals surface area contributed by atoms with Gasteiger partial charge in [0.1, 0.15) is 0 Å². The number of esters is 1. The summed E-state index contributed by atoms with van der Waals surface area (Å²) < 4.78 is 4.67. The highest BCUT2D eigenvalue weighted by Crippen LogP contribution is 2.17. The standard InChI is InChI=1S/C8H15O2/c1-7(9)10-6-5-8(2,3)4/h1,5-6H2,2-4H3. The smallest absolute Gasteiger partial charge is 0.306 e. The molecule has 0 spiro atoms. The highest BCUT2D eigenvalue weighted by molar-refractivity contribution is 5.73. The Morgan fingerprint density at radius 2 is 2.00 bits per heavy atom. The van der Waals surface area contributed by atoms with Gasteiger partial charge in [-0.15, -0.1) is 0 Å². The van der Waals surface area contributed by atoms with Crippen LogP contribution in [-0.4, -0.2) is 12.6 Å². The van der Waals surface area contributed by atoms with E-state index in [4.69, 9.17) is 0 Å². The zero-order chi connectivity index (χ0) is 8.20. The van der Waals surface area contributed by atoms with E-state index in [1.807, 2.05) is 0 Å². The lowest BCUT2D eigenvalue weighted by Crippen LogP contribution is -2.11. The van der Waals surface area contributed by atoms with E-state index in [-0.39, 0.29) is 5.41 Å². The van der Waals surface area contributed by atoms with Crippen LogP contribution in [0.5, 0.6) is 0 Å². The molecule has 2 heteroatoms. The van der Waals surface area contributed by atoms with E-state index in [0.717, 1.165) is 6.42 Å². The Morgan fingerprint density at radius 3 is 2.30 bits per heavy atom. The summed E-state index contributed by atoms with van der Waals surface area (Å²) in [6.07, 6.45) is 0.883. The van der Waals surface area contributed by atoms with E-state index in [0.29, 0.717) is 6.61 Å². The first kappa shape index (κ1) is 9.47. The van der Waals surface area contributed by atoms with Crippen LogP contribution in [0.2, 0.25) is 0 Å². The van der Waals surface area contributed by atoms with E-state index in [1.54, 1.807) is 0 Å². The SMILES string of the molecule is [CH2]C(=O)OCCC(C)(C)C. The van der Waals surface area contributed by atoms with Crippen LogP contribution in [0.25, 0.3) is 0 Å². The maximum absolute atomic E-state index is 10.2. The van der Waals surface area contributed by atoms with Crippen LogP contribution in [0.1, 0.15) is 27.2 Å². The van der Waals surface area contributed by atoms with E-state index in [9.17, 15) is 4.79 Å². The molecular weight excluding hydrogens is 128 g/mol. The average molecular weight is 143 g/mol. The van der Waals surface area contributed by atoms with Gasteiger partial charge in [-0.2, -0.15) is 0 Å². The van der Waals surface area contributed by atoms with Crippen LogP contribution in [-0.2, 0) is 9.53 Å². The zero-order valence-electron chi connectivity index (χ0n) is 6.94. The summed E-state index contributed by atoms with van der Waals surface area (Å²) in [6.45, 7) is 9.88. The molecule has 2 nitrogen and oxygen atoms in total. The van der Waals surface area contributed by atoms with Crippen molar-refractivity contribution in [3.63, 3.8) is 0 Å². The maximum atomic E-state index is 10.2. The molecule has 0 saturated heterocycles. The second-order valence-electron chi connectivity index (χ2n) is 3.53. The highest BCUT2D eigenvalue weighted by atomic mass is 16.5. The lowest BCUT2D eigenvalue weighted by atomic mass is 9.93. The van der Waals surface area contributed by atoms with Crippen LogP contribution in [0, 0.1) is 12.3 Å². The summed E-state index contributed by atoms with van der Waals surface area (Å²) in [5.74, 6) is -0.441. The molecule has 0 atom stereocenters. The predicted molar refractivity (Wildman–Crippen MR) is 40.4 cm³/mol. The second kappa shape index (κ2) is 3.59. The number of hydrogen-bond donors (Lipinski definition) is 0. The van der Waals surface area contributed by atoms with Gasteiger partial charge >= 0.3 is 5.97 Å². The molecule has 0 aromatic heterocycles. The van der Waals surface area contributed by atoms with Crippen molar-refractivity contribution in [1.82, 2.24) is 0 Å². The van der Waals surface area contributed by atoms with E-state index < -0.39 is 5.97 Å². The fraction of sp³-hybridized carbons (Fsp3) is 0.750. The Kier molecular flexibility index (Phi) is 3.40. The summed E-state index contributed by atoms with van der Waals surface area (Å²) in [4.78, 5) is 10.2. The van der Waals surface area contributed by atoms with Crippen molar-refractivity contribution in [2.45, 2.75) is 27.2 Å². The number of carbonyl (C=O) groups excluding carboxylic acids is 1. The molecule has 0 aliphatic rings. The number of carbonyl (C=O) groups is 1. The monoisotopic (exact) mass is 143 g/mol. The third kappa shape index (κ3) is 7.47. The third-order valence-corrected chi connectivity index (χ3v) is 1.12. The number of ether oxygens (including phenoxy) is 1. The molecule has 0 saturated carbocycles. The topological polar surface area (TPSA) is 26.3 Å². The van der Waals surface area contributed by atoms with Crippen molar-refractivity contribution < 1.29 is 9.53 Å². The predicted octanol–water partition coefficient (Wildman–Crippen LogP) is 1.80. The summed E-state index contributed by atoms with van der Waals surface area (Å²) in [5.41, 5.74) is 0.232. The molecule has 0 aromatic rings. The van der Waals surface area contributed by atoms with Crippen LogP contribution >= 0.6 is 0 Å². The maximum Gasteiger partial charge on any atom is 0.306 e. The van der Waals surface area contributed by atoms with Gasteiger partial charge in [0.2, 0.25) is 0 Å². The first-order chi connectivity index (χ1) is 4.42. The highest BCUT2D eigenvalue weighted by Gasteiger charge is 2.09. The van der Waals surface area contributed by atoms with Crippen molar-refractivity contribution in [3.05, 3.63) is 6.92 Å². The second-order valence-corrected chi connectivity index (χ2v) is 3.53. The Balaban J connectivity index is 3.29. The zero-order valence-corrected chi connectivity index (χ0v) is 6.94. The molecule has 0 aliphatic carbocycles. The van der Waals surface area contributed by atoms with Gasteiger partial charge in [-0.25, -0.2) is 0 Å². The molecule has 0 heterocycles. The molecule has 0 aliphatic heterocycles. The van der Waals surface area contributed by atoms with Crippen molar-refractivity contribution in [1.29, 1.82) is 0 Å². The average Bonchev–Trinajstić information content (AvgIpc) is 1.59. The Bertz CT molecular complexity index is 111. The fourth-order valence-corrected chi connectivity index (χ4v) is 0.471. The van der Waals surface area contributed by atoms with Gasteiger partial charge in [0.25, 0.3) is 0 Å². The lowest BCUT2D eigenvalue weighted by molar-refractivity contribution is -0.138. The van der Waals surface area contributed by atoms with Crippen LogP contribution in [0.3, 0.4) is 0 Å². The minimum absolute atomic E-state index is 0.232. The molecule has 59 valence electrons. The molecule has 0 unspecified atom stereocenters. The minimum atomic E-state index is -0.441. The van der Waals surface area contributed by atoms with Gasteiger partial charge in [-0.1, -0.05) is 20.8 Å². The van der Waals surface area contributed by atoms with E-state index in [2.05, 4.69) is 32.4 Å². The van der Waals surface area contributed by atoms with Gasteiger partial charge < -0.3 is 4.74 Å². The van der Waals surface area contributed by atoms with Gasteiger partial charge in [-0.3, -0.25) is 4.79 Å². The fourth-order valence-electron chi connectivity index (χ4n) is 0.471. The quantitative estimate of drug-likeness (QED) is 0.551. The molecular formula is C8H15O2. The summed E-state index contributed by atoms with van der Waals surface area (Å²) in [6, 6.07) is 0. The molecule has 0 amide bonds. The largest absolute Gasteiger partial charge is 0.466 e. The van der Waals surface area contributed by atoms with Crippen molar-refractivity contribution in [3.8, 4) is 0 Å². The first-order valence-corrected chi connectivity index (χ1v) is 3.40. The van der Waals surface area contributed by atoms with Crippen LogP contribution < -0.4 is 0 Å². The summed E-state index contributed by atoms with van der Waals surface area (Å²) in [5, 5.41) is 0. The van der Waals surface area contributed by atoms with Crippen LogP contribution in [0.4, 0.5) is 0 Å².